The highest BCUT2D eigenvalue weighted by Gasteiger charge is 2.27. The van der Waals surface area contributed by atoms with Crippen molar-refractivity contribution in [3.8, 4) is 11.8 Å². The lowest BCUT2D eigenvalue weighted by Crippen LogP contribution is -2.13. The first kappa shape index (κ1) is 17.0. The summed E-state index contributed by atoms with van der Waals surface area (Å²) in [6, 6.07) is 11.3. The number of carbonyl (C=O) groups is 1. The molecule has 4 rings (SSSR count). The molecule has 1 amide bonds. The van der Waals surface area contributed by atoms with E-state index in [0.717, 1.165) is 16.7 Å². The normalized spacial score (nSPS) is 13.0. The van der Waals surface area contributed by atoms with Crippen LogP contribution in [0.1, 0.15) is 51.5 Å². The van der Waals surface area contributed by atoms with E-state index in [1.807, 2.05) is 55.1 Å². The lowest BCUT2D eigenvalue weighted by molar-refractivity contribution is 0.102. The minimum Gasteiger partial charge on any atom is -0.305 e. The molecule has 0 spiro atoms. The van der Waals surface area contributed by atoms with Gasteiger partial charge < -0.3 is 5.32 Å². The van der Waals surface area contributed by atoms with E-state index in [1.54, 1.807) is 12.4 Å². The molecule has 0 saturated heterocycles. The molecule has 5 heteroatoms. The van der Waals surface area contributed by atoms with Crippen molar-refractivity contribution in [2.45, 2.75) is 25.7 Å². The number of aromatic nitrogens is 3. The predicted octanol–water partition coefficient (Wildman–Crippen LogP) is 3.65. The van der Waals surface area contributed by atoms with Crippen molar-refractivity contribution in [3.05, 3.63) is 76.7 Å². The molecule has 0 bridgehead atoms. The number of benzene rings is 1. The molecule has 0 atom stereocenters. The smallest absolute Gasteiger partial charge is 0.256 e. The van der Waals surface area contributed by atoms with Crippen molar-refractivity contribution in [1.29, 1.82) is 0 Å². The summed E-state index contributed by atoms with van der Waals surface area (Å²) >= 11 is 0. The Labute approximate surface area is 158 Å². The molecule has 1 N–H and O–H groups in total. The van der Waals surface area contributed by atoms with Crippen LogP contribution in [0.2, 0.25) is 0 Å². The van der Waals surface area contributed by atoms with Crippen LogP contribution in [0.3, 0.4) is 0 Å². The Hall–Kier alpha value is -3.39. The van der Waals surface area contributed by atoms with Crippen LogP contribution in [0.4, 0.5) is 5.82 Å². The van der Waals surface area contributed by atoms with Crippen LogP contribution < -0.4 is 5.32 Å². The fourth-order valence-electron chi connectivity index (χ4n) is 2.97. The molecule has 0 radical (unpaired) electrons. The van der Waals surface area contributed by atoms with Gasteiger partial charge in [0.15, 0.2) is 5.82 Å². The summed E-state index contributed by atoms with van der Waals surface area (Å²) in [6.45, 7) is 1.98. The van der Waals surface area contributed by atoms with E-state index in [1.165, 1.54) is 18.5 Å². The number of carbonyl (C=O) groups excluding carboxylic acids is 1. The molecule has 27 heavy (non-hydrogen) atoms. The van der Waals surface area contributed by atoms with Crippen molar-refractivity contribution in [2.24, 2.45) is 7.05 Å². The topological polar surface area (TPSA) is 59.8 Å². The maximum atomic E-state index is 12.6. The Morgan fingerprint density at radius 3 is 2.81 bits per heavy atom. The summed E-state index contributed by atoms with van der Waals surface area (Å²) in [5.74, 6) is 7.22. The summed E-state index contributed by atoms with van der Waals surface area (Å²) in [5.41, 5.74) is 4.43. The fraction of sp³-hybridized carbons (Fsp3) is 0.227. The lowest BCUT2D eigenvalue weighted by atomic mass is 10.0. The zero-order valence-corrected chi connectivity index (χ0v) is 15.4. The van der Waals surface area contributed by atoms with Gasteiger partial charge in [-0.1, -0.05) is 17.9 Å². The summed E-state index contributed by atoms with van der Waals surface area (Å²) < 4.78 is 1.85. The Morgan fingerprint density at radius 1 is 1.22 bits per heavy atom. The lowest BCUT2D eigenvalue weighted by Gasteiger charge is -2.04. The van der Waals surface area contributed by atoms with E-state index in [2.05, 4.69) is 27.2 Å². The summed E-state index contributed by atoms with van der Waals surface area (Å²) in [6.07, 6.45) is 5.83. The minimum absolute atomic E-state index is 0.181. The van der Waals surface area contributed by atoms with E-state index in [0.29, 0.717) is 17.3 Å². The molecule has 1 aliphatic rings. The SMILES string of the molecule is Cc1ccc(C(=O)Nc2cc(C3CC3)n(C)n2)cc1C#Cc1cccnc1. The second kappa shape index (κ2) is 7.08. The Morgan fingerprint density at radius 2 is 2.07 bits per heavy atom. The number of hydrogen-bond donors (Lipinski definition) is 1. The van der Waals surface area contributed by atoms with Crippen LogP contribution >= 0.6 is 0 Å². The molecular formula is C22H20N4O. The second-order valence-electron chi connectivity index (χ2n) is 6.83. The first-order chi connectivity index (χ1) is 13.1. The van der Waals surface area contributed by atoms with E-state index in [-0.39, 0.29) is 5.91 Å². The molecule has 5 nitrogen and oxygen atoms in total. The molecule has 1 aliphatic carbocycles. The molecule has 0 unspecified atom stereocenters. The predicted molar refractivity (Wildman–Crippen MR) is 105 cm³/mol. The van der Waals surface area contributed by atoms with Crippen molar-refractivity contribution in [2.75, 3.05) is 5.32 Å². The quantitative estimate of drug-likeness (QED) is 0.729. The van der Waals surface area contributed by atoms with Gasteiger partial charge in [0.05, 0.1) is 0 Å². The van der Waals surface area contributed by atoms with Crippen molar-refractivity contribution in [1.82, 2.24) is 14.8 Å². The third-order valence-corrected chi connectivity index (χ3v) is 4.66. The minimum atomic E-state index is -0.181. The summed E-state index contributed by atoms with van der Waals surface area (Å²) in [5, 5.41) is 7.30. The number of aryl methyl sites for hydroxylation is 2. The molecule has 1 aromatic carbocycles. The van der Waals surface area contributed by atoms with Crippen LogP contribution in [0.5, 0.6) is 0 Å². The van der Waals surface area contributed by atoms with Gasteiger partial charge in [0, 0.05) is 53.8 Å². The average Bonchev–Trinajstić information content (AvgIpc) is 3.45. The van der Waals surface area contributed by atoms with E-state index >= 15 is 0 Å². The van der Waals surface area contributed by atoms with Crippen molar-refractivity contribution >= 4 is 11.7 Å². The fourth-order valence-corrected chi connectivity index (χ4v) is 2.97. The Kier molecular flexibility index (Phi) is 4.47. The summed E-state index contributed by atoms with van der Waals surface area (Å²) in [7, 11) is 1.92. The number of hydrogen-bond acceptors (Lipinski definition) is 3. The Bertz CT molecular complexity index is 1050. The molecule has 134 valence electrons. The van der Waals surface area contributed by atoms with E-state index in [4.69, 9.17) is 0 Å². The molecule has 2 heterocycles. The van der Waals surface area contributed by atoms with Gasteiger partial charge in [0.25, 0.3) is 5.91 Å². The maximum absolute atomic E-state index is 12.6. The molecule has 0 aliphatic heterocycles. The molecule has 1 fully saturated rings. The van der Waals surface area contributed by atoms with Crippen LogP contribution in [-0.2, 0) is 7.05 Å². The molecular weight excluding hydrogens is 336 g/mol. The number of anilines is 1. The largest absolute Gasteiger partial charge is 0.305 e. The standard InChI is InChI=1S/C22H20N4O/c1-15-5-7-19(12-18(15)8-6-16-4-3-11-23-14-16)22(27)24-21-13-20(17-9-10-17)26(2)25-21/h3-5,7,11-14,17H,9-10H2,1-2H3,(H,24,25,27). The van der Waals surface area contributed by atoms with Gasteiger partial charge >= 0.3 is 0 Å². The summed E-state index contributed by atoms with van der Waals surface area (Å²) in [4.78, 5) is 16.7. The number of nitrogens with zero attached hydrogens (tertiary/aromatic N) is 3. The van der Waals surface area contributed by atoms with Gasteiger partial charge in [-0.2, -0.15) is 5.10 Å². The van der Waals surface area contributed by atoms with Crippen LogP contribution in [0.25, 0.3) is 0 Å². The van der Waals surface area contributed by atoms with Gasteiger partial charge in [0.1, 0.15) is 0 Å². The molecule has 1 saturated carbocycles. The number of nitrogens with one attached hydrogen (secondary N) is 1. The number of amides is 1. The first-order valence-corrected chi connectivity index (χ1v) is 8.98. The highest BCUT2D eigenvalue weighted by molar-refractivity contribution is 6.04. The zero-order chi connectivity index (χ0) is 18.8. The van der Waals surface area contributed by atoms with E-state index in [9.17, 15) is 4.79 Å². The number of pyridine rings is 1. The van der Waals surface area contributed by atoms with Crippen LogP contribution in [0.15, 0.2) is 48.8 Å². The first-order valence-electron chi connectivity index (χ1n) is 8.98. The third kappa shape index (κ3) is 3.90. The van der Waals surface area contributed by atoms with Crippen LogP contribution in [0, 0.1) is 18.8 Å². The van der Waals surface area contributed by atoms with Gasteiger partial charge in [-0.05, 0) is 49.6 Å². The van der Waals surface area contributed by atoms with Crippen molar-refractivity contribution in [3.63, 3.8) is 0 Å². The monoisotopic (exact) mass is 356 g/mol. The van der Waals surface area contributed by atoms with Gasteiger partial charge in [-0.25, -0.2) is 0 Å². The van der Waals surface area contributed by atoms with Crippen molar-refractivity contribution < 1.29 is 4.79 Å². The van der Waals surface area contributed by atoms with Gasteiger partial charge in [-0.3, -0.25) is 14.5 Å². The highest BCUT2D eigenvalue weighted by Crippen LogP contribution is 2.40. The second-order valence-corrected chi connectivity index (χ2v) is 6.83. The average molecular weight is 356 g/mol. The Balaban J connectivity index is 1.54. The van der Waals surface area contributed by atoms with E-state index < -0.39 is 0 Å². The molecule has 2 aromatic heterocycles. The van der Waals surface area contributed by atoms with Gasteiger partial charge in [-0.15, -0.1) is 0 Å². The maximum Gasteiger partial charge on any atom is 0.256 e. The van der Waals surface area contributed by atoms with Crippen LogP contribution in [-0.4, -0.2) is 20.7 Å². The van der Waals surface area contributed by atoms with Gasteiger partial charge in [0.2, 0.25) is 0 Å². The highest BCUT2D eigenvalue weighted by atomic mass is 16.1. The number of rotatable bonds is 3. The molecule has 3 aromatic rings. The third-order valence-electron chi connectivity index (χ3n) is 4.66. The zero-order valence-electron chi connectivity index (χ0n) is 15.4.